The third kappa shape index (κ3) is 8.10. The molecular formula is C32H41N3O5S. The van der Waals surface area contributed by atoms with Gasteiger partial charge in [0.05, 0.1) is 17.7 Å². The zero-order valence-electron chi connectivity index (χ0n) is 24.8. The lowest BCUT2D eigenvalue weighted by Crippen LogP contribution is -2.53. The average Bonchev–Trinajstić information content (AvgIpc) is 2.96. The third-order valence-electron chi connectivity index (χ3n) is 7.11. The highest BCUT2D eigenvalue weighted by molar-refractivity contribution is 7.92. The molecule has 8 nitrogen and oxygen atoms in total. The monoisotopic (exact) mass is 579 g/mol. The number of rotatable bonds is 13. The molecule has 3 aromatic rings. The third-order valence-corrected chi connectivity index (χ3v) is 8.90. The lowest BCUT2D eigenvalue weighted by molar-refractivity contribution is -0.140. The molecule has 0 aromatic heterocycles. The summed E-state index contributed by atoms with van der Waals surface area (Å²) in [4.78, 5) is 29.0. The maximum Gasteiger partial charge on any atom is 0.264 e. The number of hydrogen-bond donors (Lipinski definition) is 1. The van der Waals surface area contributed by atoms with Crippen LogP contribution in [0, 0.1) is 13.8 Å². The van der Waals surface area contributed by atoms with Crippen LogP contribution in [0.3, 0.4) is 0 Å². The van der Waals surface area contributed by atoms with E-state index in [4.69, 9.17) is 4.74 Å². The van der Waals surface area contributed by atoms with E-state index >= 15 is 0 Å². The fourth-order valence-corrected chi connectivity index (χ4v) is 5.78. The summed E-state index contributed by atoms with van der Waals surface area (Å²) < 4.78 is 34.3. The Kier molecular flexibility index (Phi) is 10.9. The molecule has 0 radical (unpaired) electrons. The fourth-order valence-electron chi connectivity index (χ4n) is 4.37. The van der Waals surface area contributed by atoms with Crippen LogP contribution in [0.25, 0.3) is 0 Å². The molecule has 41 heavy (non-hydrogen) atoms. The standard InChI is InChI=1S/C32H41N3O5S/c1-7-25(5)33-32(37)30(8-2)34(21-26-13-9-23(3)10-14-26)31(36)22-35(27-15-17-28(40-6)18-16-27)41(38,39)29-19-11-24(4)12-20-29/h9-20,25,30H,7-8,21-22H2,1-6H3,(H,33,37)/t25-,30-/m0/s1. The number of ether oxygens (including phenoxy) is 1. The highest BCUT2D eigenvalue weighted by atomic mass is 32.2. The van der Waals surface area contributed by atoms with Crippen LogP contribution in [0.1, 0.15) is 50.3 Å². The number of amides is 2. The van der Waals surface area contributed by atoms with E-state index in [0.717, 1.165) is 27.4 Å². The van der Waals surface area contributed by atoms with Crippen molar-refractivity contribution in [1.29, 1.82) is 0 Å². The van der Waals surface area contributed by atoms with E-state index in [1.807, 2.05) is 58.9 Å². The van der Waals surface area contributed by atoms with Gasteiger partial charge in [-0.15, -0.1) is 0 Å². The molecule has 0 aliphatic rings. The topological polar surface area (TPSA) is 96.0 Å². The highest BCUT2D eigenvalue weighted by Crippen LogP contribution is 2.27. The summed E-state index contributed by atoms with van der Waals surface area (Å²) in [5.41, 5.74) is 3.14. The van der Waals surface area contributed by atoms with Gasteiger partial charge in [-0.05, 0) is 75.6 Å². The number of methoxy groups -OCH3 is 1. The molecule has 3 aromatic carbocycles. The predicted molar refractivity (Wildman–Crippen MR) is 162 cm³/mol. The maximum absolute atomic E-state index is 14.1. The van der Waals surface area contributed by atoms with Crippen molar-refractivity contribution in [3.63, 3.8) is 0 Å². The van der Waals surface area contributed by atoms with E-state index < -0.39 is 28.5 Å². The predicted octanol–water partition coefficient (Wildman–Crippen LogP) is 5.23. The first-order valence-electron chi connectivity index (χ1n) is 13.9. The smallest absolute Gasteiger partial charge is 0.264 e. The van der Waals surface area contributed by atoms with Crippen molar-refractivity contribution in [2.24, 2.45) is 0 Å². The number of hydrogen-bond acceptors (Lipinski definition) is 5. The van der Waals surface area contributed by atoms with Crippen molar-refractivity contribution >= 4 is 27.5 Å². The lowest BCUT2D eigenvalue weighted by atomic mass is 10.1. The van der Waals surface area contributed by atoms with Crippen LogP contribution in [0.2, 0.25) is 0 Å². The number of nitrogens with one attached hydrogen (secondary N) is 1. The van der Waals surface area contributed by atoms with Crippen LogP contribution in [0.15, 0.2) is 77.7 Å². The Bertz CT molecular complexity index is 1410. The quantitative estimate of drug-likeness (QED) is 0.299. The number of carbonyl (C=O) groups excluding carboxylic acids is 2. The summed E-state index contributed by atoms with van der Waals surface area (Å²) in [6, 6.07) is 19.9. The van der Waals surface area contributed by atoms with Gasteiger partial charge in [-0.2, -0.15) is 0 Å². The first-order valence-corrected chi connectivity index (χ1v) is 15.3. The van der Waals surface area contributed by atoms with Crippen LogP contribution in [0.4, 0.5) is 5.69 Å². The zero-order valence-corrected chi connectivity index (χ0v) is 25.6. The van der Waals surface area contributed by atoms with Crippen molar-refractivity contribution < 1.29 is 22.7 Å². The molecule has 0 unspecified atom stereocenters. The van der Waals surface area contributed by atoms with Gasteiger partial charge in [0.15, 0.2) is 0 Å². The van der Waals surface area contributed by atoms with Gasteiger partial charge >= 0.3 is 0 Å². The number of nitrogens with zero attached hydrogens (tertiary/aromatic N) is 2. The minimum absolute atomic E-state index is 0.0643. The van der Waals surface area contributed by atoms with Gasteiger partial charge in [0.1, 0.15) is 18.3 Å². The summed E-state index contributed by atoms with van der Waals surface area (Å²) in [5.74, 6) is -0.190. The Morgan fingerprint density at radius 3 is 1.93 bits per heavy atom. The highest BCUT2D eigenvalue weighted by Gasteiger charge is 2.34. The number of aryl methyl sites for hydroxylation is 2. The Morgan fingerprint density at radius 1 is 0.854 bits per heavy atom. The van der Waals surface area contributed by atoms with Crippen LogP contribution in [-0.4, -0.2) is 50.9 Å². The second kappa shape index (κ2) is 14.2. The largest absolute Gasteiger partial charge is 0.497 e. The number of anilines is 1. The normalized spacial score (nSPS) is 12.7. The number of carbonyl (C=O) groups is 2. The fraction of sp³-hybridized carbons (Fsp3) is 0.375. The molecule has 2 amide bonds. The van der Waals surface area contributed by atoms with Gasteiger partial charge in [-0.1, -0.05) is 61.4 Å². The molecule has 220 valence electrons. The van der Waals surface area contributed by atoms with Crippen LogP contribution in [0.5, 0.6) is 5.75 Å². The summed E-state index contributed by atoms with van der Waals surface area (Å²) in [6.07, 6.45) is 1.11. The lowest BCUT2D eigenvalue weighted by Gasteiger charge is -2.33. The molecule has 0 aliphatic carbocycles. The van der Waals surface area contributed by atoms with E-state index in [1.54, 1.807) is 36.4 Å². The summed E-state index contributed by atoms with van der Waals surface area (Å²) >= 11 is 0. The molecule has 1 N–H and O–H groups in total. The van der Waals surface area contributed by atoms with Gasteiger partial charge in [-0.25, -0.2) is 8.42 Å². The van der Waals surface area contributed by atoms with Gasteiger partial charge in [0.25, 0.3) is 10.0 Å². The van der Waals surface area contributed by atoms with Gasteiger partial charge < -0.3 is 15.0 Å². The molecule has 0 saturated heterocycles. The minimum atomic E-state index is -4.13. The van der Waals surface area contributed by atoms with E-state index in [2.05, 4.69) is 5.32 Å². The van der Waals surface area contributed by atoms with Crippen molar-refractivity contribution in [2.75, 3.05) is 18.0 Å². The van der Waals surface area contributed by atoms with E-state index in [0.29, 0.717) is 17.9 Å². The second-order valence-electron chi connectivity index (χ2n) is 10.3. The van der Waals surface area contributed by atoms with Gasteiger partial charge in [0, 0.05) is 12.6 Å². The SMILES string of the molecule is CC[C@H](C)NC(=O)[C@H](CC)N(Cc1ccc(C)cc1)C(=O)CN(c1ccc(OC)cc1)S(=O)(=O)c1ccc(C)cc1. The molecule has 0 saturated carbocycles. The maximum atomic E-state index is 14.1. The van der Waals surface area contributed by atoms with Crippen LogP contribution < -0.4 is 14.4 Å². The average molecular weight is 580 g/mol. The summed E-state index contributed by atoms with van der Waals surface area (Å²) in [7, 11) is -2.60. The second-order valence-corrected chi connectivity index (χ2v) is 12.1. The first-order chi connectivity index (χ1) is 19.5. The van der Waals surface area contributed by atoms with Crippen LogP contribution >= 0.6 is 0 Å². The first kappa shape index (κ1) is 31.7. The van der Waals surface area contributed by atoms with E-state index in [-0.39, 0.29) is 23.4 Å². The molecule has 3 rings (SSSR count). The van der Waals surface area contributed by atoms with Gasteiger partial charge in [0.2, 0.25) is 11.8 Å². The molecule has 0 aliphatic heterocycles. The van der Waals surface area contributed by atoms with Crippen molar-refractivity contribution in [2.45, 2.75) is 71.0 Å². The molecule has 0 heterocycles. The number of sulfonamides is 1. The Labute approximate surface area is 244 Å². The summed E-state index contributed by atoms with van der Waals surface area (Å²) in [5, 5.41) is 2.99. The van der Waals surface area contributed by atoms with E-state index in [9.17, 15) is 18.0 Å². The minimum Gasteiger partial charge on any atom is -0.497 e. The molecule has 0 spiro atoms. The van der Waals surface area contributed by atoms with Crippen molar-refractivity contribution in [3.05, 3.63) is 89.5 Å². The summed E-state index contributed by atoms with van der Waals surface area (Å²) in [6.45, 7) is 9.26. The molecule has 9 heteroatoms. The van der Waals surface area contributed by atoms with Gasteiger partial charge in [-0.3, -0.25) is 13.9 Å². The molecule has 2 atom stereocenters. The Morgan fingerprint density at radius 2 is 1.41 bits per heavy atom. The number of benzene rings is 3. The molecular weight excluding hydrogens is 538 g/mol. The zero-order chi connectivity index (χ0) is 30.2. The van der Waals surface area contributed by atoms with Crippen LogP contribution in [-0.2, 0) is 26.2 Å². The van der Waals surface area contributed by atoms with E-state index in [1.165, 1.54) is 24.1 Å². The molecule has 0 fully saturated rings. The Hall–Kier alpha value is -3.85. The van der Waals surface area contributed by atoms with Crippen molar-refractivity contribution in [3.8, 4) is 5.75 Å². The molecule has 0 bridgehead atoms. The Balaban J connectivity index is 2.05. The van der Waals surface area contributed by atoms with Crippen molar-refractivity contribution in [1.82, 2.24) is 10.2 Å².